The molecule has 2 N–H and O–H groups in total. The number of carboxylic acids is 1. The van der Waals surface area contributed by atoms with E-state index in [4.69, 9.17) is 5.11 Å². The first-order valence-electron chi connectivity index (χ1n) is 5.46. The summed E-state index contributed by atoms with van der Waals surface area (Å²) in [6, 6.07) is 0.158. The monoisotopic (exact) mass is 247 g/mol. The van der Waals surface area contributed by atoms with Crippen molar-refractivity contribution >= 4 is 23.6 Å². The fourth-order valence-electron chi connectivity index (χ4n) is 1.13. The summed E-state index contributed by atoms with van der Waals surface area (Å²) in [6.45, 7) is 7.21. The van der Waals surface area contributed by atoms with Gasteiger partial charge in [0.25, 0.3) is 0 Å². The van der Waals surface area contributed by atoms with Gasteiger partial charge in [-0.3, -0.25) is 9.59 Å². The van der Waals surface area contributed by atoms with Crippen molar-refractivity contribution in [1.29, 1.82) is 0 Å². The zero-order valence-corrected chi connectivity index (χ0v) is 11.2. The molecule has 0 radical (unpaired) electrons. The average Bonchev–Trinajstić information content (AvgIpc) is 2.15. The minimum atomic E-state index is -0.911. The second-order valence-electron chi connectivity index (χ2n) is 4.36. The molecule has 0 aliphatic carbocycles. The number of hydrogen-bond acceptors (Lipinski definition) is 3. The molecular weight excluding hydrogens is 226 g/mol. The molecular formula is C11H21NO3S. The number of carboxylic acid groups (broad SMARTS) is 1. The Bertz CT molecular complexity index is 254. The van der Waals surface area contributed by atoms with Crippen LogP contribution >= 0.6 is 11.8 Å². The van der Waals surface area contributed by atoms with Crippen LogP contribution in [0.1, 0.15) is 40.5 Å². The molecule has 0 aromatic heterocycles. The standard InChI is InChI=1S/C11H21NO3S/c1-5-6-8(2)12-9(13)7-16-11(3,4)10(14)15/h8H,5-7H2,1-4H3,(H,12,13)(H,14,15). The van der Waals surface area contributed by atoms with Crippen LogP contribution in [0.3, 0.4) is 0 Å². The molecule has 0 aliphatic heterocycles. The van der Waals surface area contributed by atoms with Gasteiger partial charge in [0.05, 0.1) is 5.75 Å². The van der Waals surface area contributed by atoms with Crippen LogP contribution in [0.4, 0.5) is 0 Å². The van der Waals surface area contributed by atoms with E-state index in [0.29, 0.717) is 0 Å². The predicted molar refractivity (Wildman–Crippen MR) is 66.7 cm³/mol. The van der Waals surface area contributed by atoms with Crippen molar-refractivity contribution in [2.24, 2.45) is 0 Å². The Balaban J connectivity index is 3.94. The fourth-order valence-corrected chi connectivity index (χ4v) is 1.83. The van der Waals surface area contributed by atoms with E-state index in [-0.39, 0.29) is 17.7 Å². The highest BCUT2D eigenvalue weighted by Gasteiger charge is 2.28. The van der Waals surface area contributed by atoms with Crippen molar-refractivity contribution in [3.8, 4) is 0 Å². The van der Waals surface area contributed by atoms with E-state index < -0.39 is 10.7 Å². The van der Waals surface area contributed by atoms with Crippen LogP contribution in [0.15, 0.2) is 0 Å². The summed E-state index contributed by atoms with van der Waals surface area (Å²) in [5, 5.41) is 11.7. The largest absolute Gasteiger partial charge is 0.480 e. The topological polar surface area (TPSA) is 66.4 Å². The highest BCUT2D eigenvalue weighted by Crippen LogP contribution is 2.24. The van der Waals surface area contributed by atoms with E-state index in [1.807, 2.05) is 6.92 Å². The van der Waals surface area contributed by atoms with Crippen LogP contribution in [0.5, 0.6) is 0 Å². The zero-order valence-electron chi connectivity index (χ0n) is 10.4. The van der Waals surface area contributed by atoms with E-state index in [1.54, 1.807) is 13.8 Å². The van der Waals surface area contributed by atoms with Gasteiger partial charge in [0.1, 0.15) is 4.75 Å². The number of carbonyl (C=O) groups is 2. The smallest absolute Gasteiger partial charge is 0.319 e. The first kappa shape index (κ1) is 15.3. The molecule has 4 nitrogen and oxygen atoms in total. The Morgan fingerprint density at radius 1 is 1.44 bits per heavy atom. The number of carbonyl (C=O) groups excluding carboxylic acids is 1. The normalized spacial score (nSPS) is 13.2. The van der Waals surface area contributed by atoms with Gasteiger partial charge in [-0.25, -0.2) is 0 Å². The van der Waals surface area contributed by atoms with Gasteiger partial charge in [0, 0.05) is 6.04 Å². The maximum absolute atomic E-state index is 11.5. The third-order valence-corrected chi connectivity index (χ3v) is 3.51. The van der Waals surface area contributed by atoms with Crippen LogP contribution in [0.25, 0.3) is 0 Å². The summed E-state index contributed by atoms with van der Waals surface area (Å²) in [6.07, 6.45) is 1.97. The van der Waals surface area contributed by atoms with E-state index in [2.05, 4.69) is 12.2 Å². The molecule has 0 fully saturated rings. The minimum absolute atomic E-state index is 0.0970. The van der Waals surface area contributed by atoms with Crippen LogP contribution in [-0.2, 0) is 9.59 Å². The van der Waals surface area contributed by atoms with Crippen molar-refractivity contribution in [3.05, 3.63) is 0 Å². The summed E-state index contributed by atoms with van der Waals surface area (Å²) in [4.78, 5) is 22.3. The molecule has 0 aromatic carbocycles. The maximum atomic E-state index is 11.5. The number of rotatable bonds is 7. The molecule has 0 rings (SSSR count). The van der Waals surface area contributed by atoms with Gasteiger partial charge >= 0.3 is 5.97 Å². The summed E-state index contributed by atoms with van der Waals surface area (Å²) >= 11 is 1.14. The quantitative estimate of drug-likeness (QED) is 0.721. The summed E-state index contributed by atoms with van der Waals surface area (Å²) in [5.74, 6) is -0.805. The Morgan fingerprint density at radius 2 is 2.00 bits per heavy atom. The molecule has 5 heteroatoms. The summed E-state index contributed by atoms with van der Waals surface area (Å²) in [5.41, 5.74) is 0. The minimum Gasteiger partial charge on any atom is -0.480 e. The predicted octanol–water partition coefficient (Wildman–Crippen LogP) is 1.89. The van der Waals surface area contributed by atoms with Crippen LogP contribution in [0.2, 0.25) is 0 Å². The lowest BCUT2D eigenvalue weighted by atomic mass is 10.2. The average molecular weight is 247 g/mol. The van der Waals surface area contributed by atoms with Crippen molar-refractivity contribution in [1.82, 2.24) is 5.32 Å². The highest BCUT2D eigenvalue weighted by molar-refractivity contribution is 8.01. The number of aliphatic carboxylic acids is 1. The summed E-state index contributed by atoms with van der Waals surface area (Å²) in [7, 11) is 0. The van der Waals surface area contributed by atoms with Gasteiger partial charge in [0.2, 0.25) is 5.91 Å². The van der Waals surface area contributed by atoms with Gasteiger partial charge in [-0.1, -0.05) is 13.3 Å². The molecule has 1 amide bonds. The molecule has 0 aromatic rings. The molecule has 16 heavy (non-hydrogen) atoms. The van der Waals surface area contributed by atoms with Crippen LogP contribution < -0.4 is 5.32 Å². The van der Waals surface area contributed by atoms with Crippen molar-refractivity contribution < 1.29 is 14.7 Å². The molecule has 0 bridgehead atoms. The lowest BCUT2D eigenvalue weighted by Crippen LogP contribution is -2.36. The van der Waals surface area contributed by atoms with Gasteiger partial charge in [-0.15, -0.1) is 11.8 Å². The second kappa shape index (κ2) is 6.78. The Kier molecular flexibility index (Phi) is 6.48. The van der Waals surface area contributed by atoms with E-state index in [9.17, 15) is 9.59 Å². The lowest BCUT2D eigenvalue weighted by molar-refractivity contribution is -0.138. The summed E-state index contributed by atoms with van der Waals surface area (Å²) < 4.78 is -0.911. The number of amides is 1. The fraction of sp³-hybridized carbons (Fsp3) is 0.818. The zero-order chi connectivity index (χ0) is 12.8. The number of nitrogens with one attached hydrogen (secondary N) is 1. The highest BCUT2D eigenvalue weighted by atomic mass is 32.2. The van der Waals surface area contributed by atoms with Gasteiger partial charge in [-0.05, 0) is 27.2 Å². The SMILES string of the molecule is CCCC(C)NC(=O)CSC(C)(C)C(=O)O. The molecule has 1 atom stereocenters. The molecule has 94 valence electrons. The van der Waals surface area contributed by atoms with Crippen LogP contribution in [0, 0.1) is 0 Å². The Morgan fingerprint density at radius 3 is 2.44 bits per heavy atom. The van der Waals surface area contributed by atoms with Gasteiger partial charge < -0.3 is 10.4 Å². The Labute approximate surface area is 101 Å². The Hall–Kier alpha value is -0.710. The van der Waals surface area contributed by atoms with Crippen molar-refractivity contribution in [2.45, 2.75) is 51.3 Å². The molecule has 0 saturated heterocycles. The molecule has 0 heterocycles. The number of thioether (sulfide) groups is 1. The second-order valence-corrected chi connectivity index (χ2v) is 5.96. The molecule has 0 aliphatic rings. The first-order chi connectivity index (χ1) is 7.29. The maximum Gasteiger partial charge on any atom is 0.319 e. The van der Waals surface area contributed by atoms with Gasteiger partial charge in [0.15, 0.2) is 0 Å². The van der Waals surface area contributed by atoms with E-state index in [0.717, 1.165) is 24.6 Å². The molecule has 0 saturated carbocycles. The van der Waals surface area contributed by atoms with Crippen molar-refractivity contribution in [3.63, 3.8) is 0 Å². The lowest BCUT2D eigenvalue weighted by Gasteiger charge is -2.19. The number of hydrogen-bond donors (Lipinski definition) is 2. The van der Waals surface area contributed by atoms with E-state index >= 15 is 0 Å². The van der Waals surface area contributed by atoms with Gasteiger partial charge in [-0.2, -0.15) is 0 Å². The third-order valence-electron chi connectivity index (χ3n) is 2.21. The van der Waals surface area contributed by atoms with Crippen LogP contribution in [-0.4, -0.2) is 33.5 Å². The molecule has 1 unspecified atom stereocenters. The molecule has 0 spiro atoms. The van der Waals surface area contributed by atoms with E-state index in [1.165, 1.54) is 0 Å². The third kappa shape index (κ3) is 6.00. The first-order valence-corrected chi connectivity index (χ1v) is 6.45. The van der Waals surface area contributed by atoms with Crippen molar-refractivity contribution in [2.75, 3.05) is 5.75 Å².